The van der Waals surface area contributed by atoms with Gasteiger partial charge in [-0.1, -0.05) is 42.1 Å². The highest BCUT2D eigenvalue weighted by molar-refractivity contribution is 8.00. The molecule has 0 spiro atoms. The second-order valence-electron chi connectivity index (χ2n) is 7.96. The summed E-state index contributed by atoms with van der Waals surface area (Å²) in [4.78, 5) is 15.4. The van der Waals surface area contributed by atoms with Crippen LogP contribution < -0.4 is 10.2 Å². The Kier molecular flexibility index (Phi) is 7.15. The Morgan fingerprint density at radius 1 is 1.06 bits per heavy atom. The topological polar surface area (TPSA) is 63.1 Å². The van der Waals surface area contributed by atoms with E-state index < -0.39 is 0 Å². The van der Waals surface area contributed by atoms with Crippen LogP contribution in [0.25, 0.3) is 11.4 Å². The minimum Gasteiger partial charge on any atom is -0.372 e. The average molecular weight is 450 g/mol. The van der Waals surface area contributed by atoms with Gasteiger partial charge in [0, 0.05) is 36.9 Å². The molecule has 32 heavy (non-hydrogen) atoms. The molecule has 1 saturated carbocycles. The zero-order valence-electron chi connectivity index (χ0n) is 19.0. The van der Waals surface area contributed by atoms with Crippen molar-refractivity contribution in [3.63, 3.8) is 0 Å². The van der Waals surface area contributed by atoms with Gasteiger partial charge in [0.25, 0.3) is 0 Å². The molecule has 1 aliphatic rings. The van der Waals surface area contributed by atoms with Crippen molar-refractivity contribution in [1.82, 2.24) is 20.1 Å². The van der Waals surface area contributed by atoms with E-state index in [0.717, 1.165) is 54.6 Å². The summed E-state index contributed by atoms with van der Waals surface area (Å²) in [6.45, 7) is 9.10. The largest absolute Gasteiger partial charge is 0.372 e. The molecule has 1 atom stereocenters. The Bertz CT molecular complexity index is 1030. The molecule has 0 saturated heterocycles. The summed E-state index contributed by atoms with van der Waals surface area (Å²) in [5.74, 6) is 0.870. The number of benzene rings is 2. The van der Waals surface area contributed by atoms with Crippen LogP contribution in [0.2, 0.25) is 0 Å². The lowest BCUT2D eigenvalue weighted by molar-refractivity contribution is -0.120. The molecule has 7 heteroatoms. The van der Waals surface area contributed by atoms with Crippen molar-refractivity contribution in [1.29, 1.82) is 0 Å². The number of amides is 1. The van der Waals surface area contributed by atoms with Gasteiger partial charge >= 0.3 is 0 Å². The fourth-order valence-electron chi connectivity index (χ4n) is 3.80. The standard InChI is InChI=1S/C25H31N5OS/c1-4-29(5-2)21-16-12-19(13-17-21)23-27-28-25(30(23)6-3)32-22(18-10-8-7-9-11-18)24(31)26-20-14-15-20/h7-13,16-17,20,22H,4-6,14-15H2,1-3H3,(H,26,31). The fraction of sp³-hybridized carbons (Fsp3) is 0.400. The number of anilines is 1. The molecule has 3 aromatic rings. The van der Waals surface area contributed by atoms with Crippen molar-refractivity contribution in [2.75, 3.05) is 18.0 Å². The first kappa shape index (κ1) is 22.4. The summed E-state index contributed by atoms with van der Waals surface area (Å²) in [5.41, 5.74) is 3.21. The van der Waals surface area contributed by atoms with Gasteiger partial charge in [-0.05, 0) is 63.4 Å². The molecule has 1 heterocycles. The molecular formula is C25H31N5OS. The van der Waals surface area contributed by atoms with Crippen LogP contribution in [0.15, 0.2) is 59.8 Å². The zero-order chi connectivity index (χ0) is 22.5. The second kappa shape index (κ2) is 10.2. The molecule has 2 aromatic carbocycles. The lowest BCUT2D eigenvalue weighted by atomic mass is 10.1. The Balaban J connectivity index is 1.60. The van der Waals surface area contributed by atoms with Gasteiger partial charge in [-0.2, -0.15) is 0 Å². The first-order chi connectivity index (χ1) is 15.6. The summed E-state index contributed by atoms with van der Waals surface area (Å²) in [5, 5.41) is 12.5. The smallest absolute Gasteiger partial charge is 0.238 e. The summed E-state index contributed by atoms with van der Waals surface area (Å²) in [7, 11) is 0. The molecule has 0 radical (unpaired) electrons. The third-order valence-electron chi connectivity index (χ3n) is 5.77. The number of hydrogen-bond donors (Lipinski definition) is 1. The highest BCUT2D eigenvalue weighted by atomic mass is 32.2. The minimum atomic E-state index is -0.357. The molecule has 1 aliphatic carbocycles. The molecule has 0 bridgehead atoms. The van der Waals surface area contributed by atoms with Gasteiger partial charge in [-0.25, -0.2) is 0 Å². The van der Waals surface area contributed by atoms with Crippen molar-refractivity contribution < 1.29 is 4.79 Å². The molecule has 4 rings (SSSR count). The van der Waals surface area contributed by atoms with Crippen molar-refractivity contribution in [3.8, 4) is 11.4 Å². The number of nitrogens with zero attached hydrogens (tertiary/aromatic N) is 4. The summed E-state index contributed by atoms with van der Waals surface area (Å²) in [6, 6.07) is 18.7. The maximum absolute atomic E-state index is 13.0. The summed E-state index contributed by atoms with van der Waals surface area (Å²) >= 11 is 1.47. The lowest BCUT2D eigenvalue weighted by Gasteiger charge is -2.21. The van der Waals surface area contributed by atoms with Crippen molar-refractivity contribution in [2.24, 2.45) is 0 Å². The molecule has 1 amide bonds. The van der Waals surface area contributed by atoms with Crippen molar-refractivity contribution in [3.05, 3.63) is 60.2 Å². The van der Waals surface area contributed by atoms with Crippen LogP contribution >= 0.6 is 11.8 Å². The van der Waals surface area contributed by atoms with Gasteiger partial charge in [-0.15, -0.1) is 10.2 Å². The minimum absolute atomic E-state index is 0.0412. The average Bonchev–Trinajstić information content (AvgIpc) is 3.55. The Morgan fingerprint density at radius 2 is 1.75 bits per heavy atom. The van der Waals surface area contributed by atoms with E-state index in [1.807, 2.05) is 30.3 Å². The first-order valence-corrected chi connectivity index (χ1v) is 12.3. The van der Waals surface area contributed by atoms with E-state index in [4.69, 9.17) is 0 Å². The number of nitrogens with one attached hydrogen (secondary N) is 1. The molecule has 0 aliphatic heterocycles. The molecule has 1 aromatic heterocycles. The Morgan fingerprint density at radius 3 is 2.34 bits per heavy atom. The van der Waals surface area contributed by atoms with E-state index in [1.165, 1.54) is 17.4 Å². The van der Waals surface area contributed by atoms with Crippen LogP contribution in [0.1, 0.15) is 44.4 Å². The van der Waals surface area contributed by atoms with Crippen LogP contribution in [0, 0.1) is 0 Å². The third-order valence-corrected chi connectivity index (χ3v) is 7.01. The quantitative estimate of drug-likeness (QED) is 0.445. The monoisotopic (exact) mass is 449 g/mol. The van der Waals surface area contributed by atoms with Crippen LogP contribution in [0.4, 0.5) is 5.69 Å². The molecular weight excluding hydrogens is 418 g/mol. The number of carbonyl (C=O) groups excluding carboxylic acids is 1. The van der Waals surface area contributed by atoms with Crippen molar-refractivity contribution >= 4 is 23.4 Å². The number of aromatic nitrogens is 3. The zero-order valence-corrected chi connectivity index (χ0v) is 19.8. The molecule has 6 nitrogen and oxygen atoms in total. The highest BCUT2D eigenvalue weighted by Gasteiger charge is 2.30. The molecule has 1 fully saturated rings. The Labute approximate surface area is 194 Å². The van der Waals surface area contributed by atoms with Crippen LogP contribution in [-0.4, -0.2) is 39.8 Å². The number of rotatable bonds is 10. The van der Waals surface area contributed by atoms with Gasteiger partial charge < -0.3 is 14.8 Å². The second-order valence-corrected chi connectivity index (χ2v) is 9.03. The summed E-state index contributed by atoms with van der Waals surface area (Å²) in [6.07, 6.45) is 2.13. The SMILES string of the molecule is CCN(CC)c1ccc(-c2nnc(SC(C(=O)NC3CC3)c3ccccc3)n2CC)cc1. The predicted molar refractivity (Wildman–Crippen MR) is 131 cm³/mol. The van der Waals surface area contributed by atoms with Gasteiger partial charge in [-0.3, -0.25) is 4.79 Å². The van der Waals surface area contributed by atoms with E-state index in [1.54, 1.807) is 0 Å². The Hall–Kier alpha value is -2.80. The van der Waals surface area contributed by atoms with Crippen LogP contribution in [-0.2, 0) is 11.3 Å². The molecule has 1 unspecified atom stereocenters. The van der Waals surface area contributed by atoms with E-state index in [2.05, 4.69) is 70.0 Å². The van der Waals surface area contributed by atoms with Gasteiger partial charge in [0.15, 0.2) is 11.0 Å². The normalized spacial score (nSPS) is 14.2. The fourth-order valence-corrected chi connectivity index (χ4v) is 4.91. The van der Waals surface area contributed by atoms with E-state index in [9.17, 15) is 4.79 Å². The predicted octanol–water partition coefficient (Wildman–Crippen LogP) is 4.92. The van der Waals surface area contributed by atoms with E-state index in [0.29, 0.717) is 6.04 Å². The maximum atomic E-state index is 13.0. The van der Waals surface area contributed by atoms with Gasteiger partial charge in [0.1, 0.15) is 5.25 Å². The van der Waals surface area contributed by atoms with Gasteiger partial charge in [0.05, 0.1) is 0 Å². The number of thioether (sulfide) groups is 1. The molecule has 168 valence electrons. The number of carbonyl (C=O) groups is 1. The summed E-state index contributed by atoms with van der Waals surface area (Å²) < 4.78 is 2.09. The lowest BCUT2D eigenvalue weighted by Crippen LogP contribution is -2.30. The molecule has 1 N–H and O–H groups in total. The number of hydrogen-bond acceptors (Lipinski definition) is 5. The van der Waals surface area contributed by atoms with E-state index >= 15 is 0 Å². The van der Waals surface area contributed by atoms with Gasteiger partial charge in [0.2, 0.25) is 5.91 Å². The van der Waals surface area contributed by atoms with Crippen molar-refractivity contribution in [2.45, 2.75) is 56.6 Å². The van der Waals surface area contributed by atoms with E-state index in [-0.39, 0.29) is 11.2 Å². The third kappa shape index (κ3) is 4.99. The first-order valence-electron chi connectivity index (χ1n) is 11.4. The van der Waals surface area contributed by atoms with Crippen LogP contribution in [0.3, 0.4) is 0 Å². The highest BCUT2D eigenvalue weighted by Crippen LogP contribution is 2.37. The maximum Gasteiger partial charge on any atom is 0.238 e. The van der Waals surface area contributed by atoms with Crippen LogP contribution in [0.5, 0.6) is 0 Å².